The van der Waals surface area contributed by atoms with Crippen molar-refractivity contribution in [3.63, 3.8) is 0 Å². The Hall–Kier alpha value is -1.89. The normalized spacial score (nSPS) is 12.7. The standard InChI is InChI=1S/C13H15N3O3S/c1-16-8-14-15-13(16)20-6-2-5-17-10-3-4-11-12(7-10)19-9-18-11/h3-4,7-8H,2,5-6,9H2,1H3. The highest BCUT2D eigenvalue weighted by Crippen LogP contribution is 2.35. The summed E-state index contributed by atoms with van der Waals surface area (Å²) >= 11 is 1.67. The second-order valence-electron chi connectivity index (χ2n) is 4.29. The van der Waals surface area contributed by atoms with Gasteiger partial charge in [-0.15, -0.1) is 10.2 Å². The zero-order valence-corrected chi connectivity index (χ0v) is 11.9. The summed E-state index contributed by atoms with van der Waals surface area (Å²) in [5, 5.41) is 8.78. The summed E-state index contributed by atoms with van der Waals surface area (Å²) in [6.07, 6.45) is 2.64. The third-order valence-electron chi connectivity index (χ3n) is 2.80. The fraction of sp³-hybridized carbons (Fsp3) is 0.385. The Morgan fingerprint density at radius 3 is 3.10 bits per heavy atom. The summed E-state index contributed by atoms with van der Waals surface area (Å²) in [7, 11) is 1.94. The van der Waals surface area contributed by atoms with Gasteiger partial charge in [-0.3, -0.25) is 0 Å². The molecule has 0 fully saturated rings. The topological polar surface area (TPSA) is 58.4 Å². The summed E-state index contributed by atoms with van der Waals surface area (Å²) in [5.41, 5.74) is 0. The van der Waals surface area contributed by atoms with Gasteiger partial charge in [-0.05, 0) is 18.6 Å². The zero-order chi connectivity index (χ0) is 13.8. The van der Waals surface area contributed by atoms with Gasteiger partial charge in [-0.1, -0.05) is 11.8 Å². The molecule has 7 heteroatoms. The van der Waals surface area contributed by atoms with E-state index in [1.807, 2.05) is 29.8 Å². The molecule has 0 radical (unpaired) electrons. The summed E-state index contributed by atoms with van der Waals surface area (Å²) in [5.74, 6) is 3.26. The Morgan fingerprint density at radius 1 is 1.35 bits per heavy atom. The van der Waals surface area contributed by atoms with Gasteiger partial charge in [0, 0.05) is 18.9 Å². The molecule has 1 aliphatic heterocycles. The highest BCUT2D eigenvalue weighted by Gasteiger charge is 2.13. The largest absolute Gasteiger partial charge is 0.493 e. The molecular weight excluding hydrogens is 278 g/mol. The molecule has 0 spiro atoms. The molecule has 0 N–H and O–H groups in total. The van der Waals surface area contributed by atoms with Gasteiger partial charge in [-0.2, -0.15) is 0 Å². The van der Waals surface area contributed by atoms with Crippen LogP contribution in [0.2, 0.25) is 0 Å². The maximum Gasteiger partial charge on any atom is 0.231 e. The molecule has 1 aromatic carbocycles. The first-order chi connectivity index (χ1) is 9.83. The first kappa shape index (κ1) is 13.1. The van der Waals surface area contributed by atoms with Gasteiger partial charge < -0.3 is 18.8 Å². The number of hydrogen-bond donors (Lipinski definition) is 0. The van der Waals surface area contributed by atoms with Crippen molar-refractivity contribution < 1.29 is 14.2 Å². The summed E-state index contributed by atoms with van der Waals surface area (Å²) in [6.45, 7) is 0.942. The van der Waals surface area contributed by atoms with Gasteiger partial charge >= 0.3 is 0 Å². The molecular formula is C13H15N3O3S. The van der Waals surface area contributed by atoms with Crippen molar-refractivity contribution in [2.75, 3.05) is 19.2 Å². The van der Waals surface area contributed by atoms with Crippen LogP contribution in [0.1, 0.15) is 6.42 Å². The van der Waals surface area contributed by atoms with Crippen molar-refractivity contribution in [3.8, 4) is 17.2 Å². The van der Waals surface area contributed by atoms with E-state index in [4.69, 9.17) is 14.2 Å². The van der Waals surface area contributed by atoms with Gasteiger partial charge in [0.15, 0.2) is 16.7 Å². The first-order valence-electron chi connectivity index (χ1n) is 6.32. The van der Waals surface area contributed by atoms with Crippen LogP contribution in [0.4, 0.5) is 0 Å². The van der Waals surface area contributed by atoms with Crippen LogP contribution in [-0.4, -0.2) is 33.9 Å². The van der Waals surface area contributed by atoms with Crippen LogP contribution < -0.4 is 14.2 Å². The van der Waals surface area contributed by atoms with Crippen LogP contribution in [0.15, 0.2) is 29.7 Å². The summed E-state index contributed by atoms with van der Waals surface area (Å²) < 4.78 is 18.2. The van der Waals surface area contributed by atoms with Crippen molar-refractivity contribution in [1.29, 1.82) is 0 Å². The molecule has 20 heavy (non-hydrogen) atoms. The lowest BCUT2D eigenvalue weighted by Gasteiger charge is -2.06. The Kier molecular flexibility index (Phi) is 3.96. The monoisotopic (exact) mass is 293 g/mol. The van der Waals surface area contributed by atoms with Crippen molar-refractivity contribution in [2.24, 2.45) is 7.05 Å². The second-order valence-corrected chi connectivity index (χ2v) is 5.35. The van der Waals surface area contributed by atoms with E-state index in [0.717, 1.165) is 34.6 Å². The number of rotatable bonds is 6. The van der Waals surface area contributed by atoms with E-state index >= 15 is 0 Å². The molecule has 1 aromatic heterocycles. The molecule has 2 aromatic rings. The molecule has 0 atom stereocenters. The van der Waals surface area contributed by atoms with Gasteiger partial charge in [0.1, 0.15) is 12.1 Å². The fourth-order valence-corrected chi connectivity index (χ4v) is 2.58. The second kappa shape index (κ2) is 6.04. The van der Waals surface area contributed by atoms with Crippen molar-refractivity contribution in [3.05, 3.63) is 24.5 Å². The van der Waals surface area contributed by atoms with E-state index in [9.17, 15) is 0 Å². The number of benzene rings is 1. The quantitative estimate of drug-likeness (QED) is 0.600. The lowest BCUT2D eigenvalue weighted by molar-refractivity contribution is 0.173. The van der Waals surface area contributed by atoms with Crippen LogP contribution >= 0.6 is 11.8 Å². The van der Waals surface area contributed by atoms with Crippen LogP contribution in [0, 0.1) is 0 Å². The van der Waals surface area contributed by atoms with E-state index in [2.05, 4.69) is 10.2 Å². The molecule has 2 heterocycles. The van der Waals surface area contributed by atoms with Gasteiger partial charge in [0.05, 0.1) is 6.61 Å². The third kappa shape index (κ3) is 2.98. The minimum absolute atomic E-state index is 0.285. The number of ether oxygens (including phenoxy) is 3. The summed E-state index contributed by atoms with van der Waals surface area (Å²) in [4.78, 5) is 0. The maximum absolute atomic E-state index is 5.69. The van der Waals surface area contributed by atoms with Gasteiger partial charge in [0.25, 0.3) is 0 Å². The molecule has 3 rings (SSSR count). The van der Waals surface area contributed by atoms with Crippen LogP contribution in [-0.2, 0) is 7.05 Å². The molecule has 0 saturated carbocycles. The van der Waals surface area contributed by atoms with E-state index in [-0.39, 0.29) is 6.79 Å². The number of aromatic nitrogens is 3. The van der Waals surface area contributed by atoms with E-state index in [1.165, 1.54) is 0 Å². The zero-order valence-electron chi connectivity index (χ0n) is 11.1. The SMILES string of the molecule is Cn1cnnc1SCCCOc1ccc2c(c1)OCO2. The Balaban J connectivity index is 1.41. The Labute approximate surface area is 121 Å². The minimum atomic E-state index is 0.285. The van der Waals surface area contributed by atoms with E-state index < -0.39 is 0 Å². The molecule has 0 saturated heterocycles. The van der Waals surface area contributed by atoms with Crippen LogP contribution in [0.25, 0.3) is 0 Å². The molecule has 6 nitrogen and oxygen atoms in total. The van der Waals surface area contributed by atoms with Crippen molar-refractivity contribution in [2.45, 2.75) is 11.6 Å². The highest BCUT2D eigenvalue weighted by molar-refractivity contribution is 7.99. The Morgan fingerprint density at radius 2 is 2.25 bits per heavy atom. The van der Waals surface area contributed by atoms with E-state index in [1.54, 1.807) is 18.1 Å². The number of aryl methyl sites for hydroxylation is 1. The lowest BCUT2D eigenvalue weighted by atomic mass is 10.3. The average molecular weight is 293 g/mol. The molecule has 0 aliphatic carbocycles. The molecule has 106 valence electrons. The predicted molar refractivity (Wildman–Crippen MR) is 74.4 cm³/mol. The molecule has 0 amide bonds. The smallest absolute Gasteiger partial charge is 0.231 e. The van der Waals surface area contributed by atoms with Crippen molar-refractivity contribution >= 4 is 11.8 Å². The highest BCUT2D eigenvalue weighted by atomic mass is 32.2. The number of fused-ring (bicyclic) bond motifs is 1. The lowest BCUT2D eigenvalue weighted by Crippen LogP contribution is -1.99. The molecule has 0 bridgehead atoms. The molecule has 0 unspecified atom stereocenters. The van der Waals surface area contributed by atoms with Gasteiger partial charge in [0.2, 0.25) is 6.79 Å². The fourth-order valence-electron chi connectivity index (χ4n) is 1.78. The average Bonchev–Trinajstić information content (AvgIpc) is 3.07. The van der Waals surface area contributed by atoms with E-state index in [0.29, 0.717) is 6.61 Å². The minimum Gasteiger partial charge on any atom is -0.493 e. The first-order valence-corrected chi connectivity index (χ1v) is 7.31. The molecule has 1 aliphatic rings. The predicted octanol–water partition coefficient (Wildman–Crippen LogP) is 2.10. The van der Waals surface area contributed by atoms with Crippen LogP contribution in [0.5, 0.6) is 17.2 Å². The Bertz CT molecular complexity index is 588. The summed E-state index contributed by atoms with van der Waals surface area (Å²) in [6, 6.07) is 5.62. The number of hydrogen-bond acceptors (Lipinski definition) is 6. The number of nitrogens with zero attached hydrogens (tertiary/aromatic N) is 3. The van der Waals surface area contributed by atoms with Gasteiger partial charge in [-0.25, -0.2) is 0 Å². The third-order valence-corrected chi connectivity index (χ3v) is 3.92. The maximum atomic E-state index is 5.69. The number of thioether (sulfide) groups is 1. The van der Waals surface area contributed by atoms with Crippen LogP contribution in [0.3, 0.4) is 0 Å². The van der Waals surface area contributed by atoms with Crippen molar-refractivity contribution in [1.82, 2.24) is 14.8 Å².